The van der Waals surface area contributed by atoms with Crippen molar-refractivity contribution in [2.75, 3.05) is 11.9 Å². The first-order valence-electron chi connectivity index (χ1n) is 13.4. The molecule has 1 aliphatic heterocycles. The van der Waals surface area contributed by atoms with Gasteiger partial charge < -0.3 is 24.1 Å². The van der Waals surface area contributed by atoms with Crippen molar-refractivity contribution in [1.29, 1.82) is 0 Å². The maximum Gasteiger partial charge on any atom is 0.280 e. The van der Waals surface area contributed by atoms with Gasteiger partial charge in [-0.25, -0.2) is 4.98 Å². The molecule has 0 amide bonds. The summed E-state index contributed by atoms with van der Waals surface area (Å²) in [6.45, 7) is 3.61. The Kier molecular flexibility index (Phi) is 5.72. The van der Waals surface area contributed by atoms with E-state index in [1.54, 1.807) is 37.8 Å². The van der Waals surface area contributed by atoms with Crippen molar-refractivity contribution in [2.45, 2.75) is 39.5 Å². The lowest BCUT2D eigenvalue weighted by atomic mass is 10.0. The average Bonchev–Trinajstić information content (AvgIpc) is 3.63. The summed E-state index contributed by atoms with van der Waals surface area (Å²) in [5.41, 5.74) is 5.70. The summed E-state index contributed by atoms with van der Waals surface area (Å²) in [5, 5.41) is 18.2. The van der Waals surface area contributed by atoms with E-state index in [1.807, 2.05) is 27.4 Å². The number of nitrogens with zero attached hydrogens (tertiary/aromatic N) is 6. The number of rotatable bonds is 5. The van der Waals surface area contributed by atoms with Gasteiger partial charge in [0.1, 0.15) is 17.0 Å². The fourth-order valence-corrected chi connectivity index (χ4v) is 5.98. The van der Waals surface area contributed by atoms with Crippen LogP contribution in [0, 0.1) is 5.92 Å². The van der Waals surface area contributed by atoms with Gasteiger partial charge in [-0.05, 0) is 48.1 Å². The fraction of sp³-hybridized carbons (Fsp3) is 0.310. The molecule has 11 heteroatoms. The first-order valence-corrected chi connectivity index (χ1v) is 13.4. The number of ether oxygens (including phenoxy) is 1. The van der Waals surface area contributed by atoms with Crippen LogP contribution in [0.2, 0.25) is 0 Å². The molecule has 5 aromatic heterocycles. The van der Waals surface area contributed by atoms with Crippen molar-refractivity contribution >= 4 is 17.0 Å². The summed E-state index contributed by atoms with van der Waals surface area (Å²) in [6.07, 6.45) is 8.84. The number of hydrogen-bond acceptors (Lipinski definition) is 7. The van der Waals surface area contributed by atoms with Gasteiger partial charge in [0.15, 0.2) is 5.82 Å². The quantitative estimate of drug-likeness (QED) is 0.352. The maximum atomic E-state index is 13.6. The number of fused-ring (bicyclic) bond motifs is 4. The van der Waals surface area contributed by atoms with Gasteiger partial charge in [0.05, 0.1) is 32.1 Å². The normalized spacial score (nSPS) is 16.3. The monoisotopic (exact) mass is 539 g/mol. The number of anilines is 2. The zero-order valence-electron chi connectivity index (χ0n) is 22.3. The zero-order valence-corrected chi connectivity index (χ0v) is 22.3. The van der Waals surface area contributed by atoms with Gasteiger partial charge in [0.2, 0.25) is 0 Å². The van der Waals surface area contributed by atoms with Crippen LogP contribution in [0.15, 0.2) is 58.6 Å². The van der Waals surface area contributed by atoms with Crippen LogP contribution in [-0.4, -0.2) is 40.0 Å². The van der Waals surface area contributed by atoms with Gasteiger partial charge in [-0.3, -0.25) is 18.8 Å². The summed E-state index contributed by atoms with van der Waals surface area (Å²) in [6, 6.07) is 7.36. The standard InChI is InChI=1S/C29H29N7O4/c1-17-9-18-12-25-29(39)35(6-5-34(25)24(18)10-17)27-22(15-37)21(3-4-30-27)19-11-23(28(38)33(2)14-19)31-26-13-20-16-40-8-7-36(20)32-26/h3-6,11-14,17,37H,7-10,15-16H2,1-2H3,(H,31,32). The predicted octanol–water partition coefficient (Wildman–Crippen LogP) is 2.55. The minimum absolute atomic E-state index is 0.195. The molecular formula is C29H29N7O4. The summed E-state index contributed by atoms with van der Waals surface area (Å²) >= 11 is 0. The first kappa shape index (κ1) is 24.6. The molecule has 6 heterocycles. The second kappa shape index (κ2) is 9.32. The van der Waals surface area contributed by atoms with Crippen LogP contribution in [0.4, 0.5) is 11.5 Å². The topological polar surface area (TPSA) is 121 Å². The van der Waals surface area contributed by atoms with Crippen molar-refractivity contribution in [3.63, 3.8) is 0 Å². The Balaban J connectivity index is 1.31. The number of pyridine rings is 2. The van der Waals surface area contributed by atoms with E-state index in [0.29, 0.717) is 65.2 Å². The highest BCUT2D eigenvalue weighted by Crippen LogP contribution is 2.31. The molecule has 0 bridgehead atoms. The second-order valence-corrected chi connectivity index (χ2v) is 10.7. The minimum atomic E-state index is -0.343. The molecule has 5 aromatic rings. The molecule has 11 nitrogen and oxygen atoms in total. The van der Waals surface area contributed by atoms with E-state index >= 15 is 0 Å². The van der Waals surface area contributed by atoms with E-state index in [2.05, 4.69) is 22.3 Å². The molecule has 1 atom stereocenters. The second-order valence-electron chi connectivity index (χ2n) is 10.7. The van der Waals surface area contributed by atoms with Crippen molar-refractivity contribution in [3.8, 4) is 16.9 Å². The first-order chi connectivity index (χ1) is 19.4. The highest BCUT2D eigenvalue weighted by Gasteiger charge is 2.24. The lowest BCUT2D eigenvalue weighted by Gasteiger charge is -2.16. The van der Waals surface area contributed by atoms with E-state index < -0.39 is 0 Å². The predicted molar refractivity (Wildman–Crippen MR) is 149 cm³/mol. The van der Waals surface area contributed by atoms with Crippen molar-refractivity contribution in [3.05, 3.63) is 92.3 Å². The van der Waals surface area contributed by atoms with E-state index in [0.717, 1.165) is 18.5 Å². The number of aliphatic hydroxyl groups excluding tert-OH is 1. The maximum absolute atomic E-state index is 13.6. The van der Waals surface area contributed by atoms with Crippen molar-refractivity contribution in [2.24, 2.45) is 13.0 Å². The molecule has 40 heavy (non-hydrogen) atoms. The third-order valence-corrected chi connectivity index (χ3v) is 7.88. The summed E-state index contributed by atoms with van der Waals surface area (Å²) < 4.78 is 12.3. The van der Waals surface area contributed by atoms with Crippen LogP contribution in [0.5, 0.6) is 0 Å². The Bertz CT molecular complexity index is 1890. The molecule has 2 aliphatic rings. The number of hydrogen-bond donors (Lipinski definition) is 2. The Morgan fingerprint density at radius 2 is 2.02 bits per heavy atom. The van der Waals surface area contributed by atoms with Gasteiger partial charge >= 0.3 is 0 Å². The van der Waals surface area contributed by atoms with Gasteiger partial charge in [-0.15, -0.1) is 0 Å². The van der Waals surface area contributed by atoms with E-state index in [1.165, 1.54) is 20.4 Å². The third kappa shape index (κ3) is 3.89. The number of nitrogens with one attached hydrogen (secondary N) is 1. The Morgan fingerprint density at radius 3 is 2.85 bits per heavy atom. The summed E-state index contributed by atoms with van der Waals surface area (Å²) in [5.74, 6) is 1.48. The number of aromatic nitrogens is 6. The molecule has 0 aromatic carbocycles. The summed E-state index contributed by atoms with van der Waals surface area (Å²) in [7, 11) is 1.68. The number of aliphatic hydroxyl groups is 1. The minimum Gasteiger partial charge on any atom is -0.392 e. The SMILES string of the molecule is CC1Cc2cc3c(=O)n(-c4nccc(-c5cc(Nc6cc7n(n6)CCOC7)c(=O)n(C)c5)c4CO)ccn3c2C1. The van der Waals surface area contributed by atoms with Crippen LogP contribution in [0.1, 0.15) is 29.4 Å². The lowest BCUT2D eigenvalue weighted by molar-refractivity contribution is 0.0801. The molecule has 0 spiro atoms. The summed E-state index contributed by atoms with van der Waals surface area (Å²) in [4.78, 5) is 31.1. The van der Waals surface area contributed by atoms with Crippen LogP contribution in [-0.2, 0) is 44.4 Å². The smallest absolute Gasteiger partial charge is 0.280 e. The average molecular weight is 540 g/mol. The van der Waals surface area contributed by atoms with E-state index in [9.17, 15) is 14.7 Å². The van der Waals surface area contributed by atoms with E-state index in [4.69, 9.17) is 4.74 Å². The molecular weight excluding hydrogens is 510 g/mol. The molecule has 7 rings (SSSR count). The van der Waals surface area contributed by atoms with Crippen LogP contribution in [0.25, 0.3) is 22.5 Å². The van der Waals surface area contributed by atoms with Gasteiger partial charge in [-0.1, -0.05) is 6.92 Å². The van der Waals surface area contributed by atoms with E-state index in [-0.39, 0.29) is 17.7 Å². The molecule has 1 unspecified atom stereocenters. The highest BCUT2D eigenvalue weighted by molar-refractivity contribution is 5.73. The third-order valence-electron chi connectivity index (χ3n) is 7.88. The lowest BCUT2D eigenvalue weighted by Crippen LogP contribution is -2.23. The van der Waals surface area contributed by atoms with Crippen LogP contribution in [0.3, 0.4) is 0 Å². The molecule has 2 N–H and O–H groups in total. The fourth-order valence-electron chi connectivity index (χ4n) is 5.98. The van der Waals surface area contributed by atoms with Gasteiger partial charge in [0.25, 0.3) is 11.1 Å². The molecule has 0 fully saturated rings. The Hall–Kier alpha value is -4.48. The highest BCUT2D eigenvalue weighted by atomic mass is 16.5. The molecule has 0 saturated carbocycles. The number of aryl methyl sites for hydroxylation is 1. The Labute approximate surface area is 228 Å². The zero-order chi connectivity index (χ0) is 27.5. The molecule has 204 valence electrons. The van der Waals surface area contributed by atoms with Gasteiger partial charge in [0, 0.05) is 54.7 Å². The van der Waals surface area contributed by atoms with Crippen LogP contribution >= 0.6 is 0 Å². The Morgan fingerprint density at radius 1 is 1.15 bits per heavy atom. The molecule has 1 aliphatic carbocycles. The molecule has 0 radical (unpaired) electrons. The largest absolute Gasteiger partial charge is 0.392 e. The van der Waals surface area contributed by atoms with Crippen molar-refractivity contribution in [1.82, 2.24) is 28.3 Å². The van der Waals surface area contributed by atoms with Crippen LogP contribution < -0.4 is 16.4 Å². The molecule has 0 saturated heterocycles. The van der Waals surface area contributed by atoms with Gasteiger partial charge in [-0.2, -0.15) is 5.10 Å². The van der Waals surface area contributed by atoms with Crippen molar-refractivity contribution < 1.29 is 9.84 Å².